The lowest BCUT2D eigenvalue weighted by molar-refractivity contribution is -0.137. The van der Waals surface area contributed by atoms with Crippen molar-refractivity contribution in [2.75, 3.05) is 13.2 Å². The molecule has 2 heterocycles. The maximum atomic E-state index is 13.9. The molecule has 4 rings (SSSR count). The number of morpholine rings is 1. The number of benzene rings is 2. The molecule has 0 saturated carbocycles. The molecule has 1 saturated heterocycles. The second-order valence-corrected chi connectivity index (χ2v) is 7.06. The van der Waals surface area contributed by atoms with Gasteiger partial charge in [-0.15, -0.1) is 0 Å². The van der Waals surface area contributed by atoms with Crippen molar-refractivity contribution in [3.05, 3.63) is 84.0 Å². The van der Waals surface area contributed by atoms with E-state index in [2.05, 4.69) is 10.3 Å². The van der Waals surface area contributed by atoms with Crippen molar-refractivity contribution in [1.29, 1.82) is 0 Å². The smallest absolute Gasteiger partial charge is 0.249 e. The van der Waals surface area contributed by atoms with Crippen molar-refractivity contribution in [2.45, 2.75) is 19.1 Å². The lowest BCUT2D eigenvalue weighted by atomic mass is 10.0. The van der Waals surface area contributed by atoms with Gasteiger partial charge in [-0.05, 0) is 29.3 Å². The van der Waals surface area contributed by atoms with Crippen LogP contribution in [0.2, 0.25) is 0 Å². The summed E-state index contributed by atoms with van der Waals surface area (Å²) in [5.74, 6) is -1.02. The summed E-state index contributed by atoms with van der Waals surface area (Å²) in [7, 11) is 0. The van der Waals surface area contributed by atoms with Gasteiger partial charge >= 0.3 is 0 Å². The summed E-state index contributed by atoms with van der Waals surface area (Å²) >= 11 is 0. The standard InChI is InChI=1S/C23H21F2N3O2/c24-18-7-8-21(25)20(12-18)17-5-3-16(4-6-17)2-1-10-28-14-19(27-15-28)13-22-23(29)26-9-11-30-22/h1-8,12,14-15,22H,9-11,13H2,(H,26,29)/b2-1+. The van der Waals surface area contributed by atoms with Crippen LogP contribution in [0, 0.1) is 11.6 Å². The number of nitrogens with zero attached hydrogens (tertiary/aromatic N) is 2. The molecule has 0 bridgehead atoms. The minimum Gasteiger partial charge on any atom is -0.366 e. The monoisotopic (exact) mass is 409 g/mol. The van der Waals surface area contributed by atoms with Crippen molar-refractivity contribution in [1.82, 2.24) is 14.9 Å². The number of hydrogen-bond donors (Lipinski definition) is 1. The number of ether oxygens (including phenoxy) is 1. The normalized spacial score (nSPS) is 16.7. The number of carbonyl (C=O) groups is 1. The predicted octanol–water partition coefficient (Wildman–Crippen LogP) is 3.60. The Morgan fingerprint density at radius 1 is 1.20 bits per heavy atom. The van der Waals surface area contributed by atoms with Crippen LogP contribution in [0.3, 0.4) is 0 Å². The number of carbonyl (C=O) groups excluding carboxylic acids is 1. The van der Waals surface area contributed by atoms with Crippen LogP contribution in [-0.4, -0.2) is 34.7 Å². The van der Waals surface area contributed by atoms with E-state index in [0.717, 1.165) is 23.4 Å². The van der Waals surface area contributed by atoms with Crippen LogP contribution in [0.25, 0.3) is 17.2 Å². The molecule has 5 nitrogen and oxygen atoms in total. The van der Waals surface area contributed by atoms with Crippen LogP contribution in [0.5, 0.6) is 0 Å². The van der Waals surface area contributed by atoms with Crippen molar-refractivity contribution >= 4 is 12.0 Å². The Balaban J connectivity index is 1.35. The molecule has 0 spiro atoms. The molecule has 1 N–H and O–H groups in total. The molecule has 30 heavy (non-hydrogen) atoms. The highest BCUT2D eigenvalue weighted by atomic mass is 19.1. The van der Waals surface area contributed by atoms with Gasteiger partial charge in [0.1, 0.15) is 17.7 Å². The Kier molecular flexibility index (Phi) is 5.99. The Hall–Kier alpha value is -3.32. The summed E-state index contributed by atoms with van der Waals surface area (Å²) in [6.07, 6.45) is 7.50. The van der Waals surface area contributed by atoms with Crippen LogP contribution in [0.1, 0.15) is 11.3 Å². The summed E-state index contributed by atoms with van der Waals surface area (Å²) in [5.41, 5.74) is 2.61. The Labute approximate surface area is 173 Å². The lowest BCUT2D eigenvalue weighted by Crippen LogP contribution is -2.45. The average molecular weight is 409 g/mol. The second-order valence-electron chi connectivity index (χ2n) is 7.06. The highest BCUT2D eigenvalue weighted by molar-refractivity contribution is 5.81. The fraction of sp³-hybridized carbons (Fsp3) is 0.217. The molecule has 1 atom stereocenters. The fourth-order valence-electron chi connectivity index (χ4n) is 3.32. The fourth-order valence-corrected chi connectivity index (χ4v) is 3.32. The molecule has 2 aromatic carbocycles. The third kappa shape index (κ3) is 4.80. The van der Waals surface area contributed by atoms with Gasteiger partial charge < -0.3 is 14.6 Å². The Bertz CT molecular complexity index is 1060. The quantitative estimate of drug-likeness (QED) is 0.677. The molecule has 3 aromatic rings. The molecule has 0 aliphatic carbocycles. The van der Waals surface area contributed by atoms with Crippen LogP contribution < -0.4 is 5.32 Å². The van der Waals surface area contributed by atoms with E-state index in [1.165, 1.54) is 6.07 Å². The second kappa shape index (κ2) is 9.00. The van der Waals surface area contributed by atoms with Crippen LogP contribution >= 0.6 is 0 Å². The number of amides is 1. The molecule has 7 heteroatoms. The van der Waals surface area contributed by atoms with Gasteiger partial charge in [0.15, 0.2) is 0 Å². The number of aromatic nitrogens is 2. The third-order valence-corrected chi connectivity index (χ3v) is 4.87. The molecule has 1 aliphatic heterocycles. The third-order valence-electron chi connectivity index (χ3n) is 4.87. The summed E-state index contributed by atoms with van der Waals surface area (Å²) in [4.78, 5) is 16.1. The van der Waals surface area contributed by atoms with Gasteiger partial charge in [0.2, 0.25) is 5.91 Å². The predicted molar refractivity (Wildman–Crippen MR) is 110 cm³/mol. The van der Waals surface area contributed by atoms with E-state index in [9.17, 15) is 13.6 Å². The SMILES string of the molecule is O=C1NCCOC1Cc1cn(C/C=C/c2ccc(-c3cc(F)ccc3F)cc2)cn1. The zero-order valence-corrected chi connectivity index (χ0v) is 16.2. The highest BCUT2D eigenvalue weighted by Crippen LogP contribution is 2.24. The first-order valence-corrected chi connectivity index (χ1v) is 9.70. The van der Waals surface area contributed by atoms with Crippen LogP contribution in [0.15, 0.2) is 61.1 Å². The molecule has 0 radical (unpaired) electrons. The number of hydrogen-bond acceptors (Lipinski definition) is 3. The van der Waals surface area contributed by atoms with Gasteiger partial charge in [-0.2, -0.15) is 0 Å². The largest absolute Gasteiger partial charge is 0.366 e. The molecule has 1 fully saturated rings. The van der Waals surface area contributed by atoms with E-state index < -0.39 is 17.7 Å². The maximum Gasteiger partial charge on any atom is 0.249 e. The van der Waals surface area contributed by atoms with Crippen molar-refractivity contribution in [2.24, 2.45) is 0 Å². The zero-order valence-electron chi connectivity index (χ0n) is 16.2. The number of nitrogens with one attached hydrogen (secondary N) is 1. The van der Waals surface area contributed by atoms with Crippen molar-refractivity contribution < 1.29 is 18.3 Å². The van der Waals surface area contributed by atoms with Crippen molar-refractivity contribution in [3.8, 4) is 11.1 Å². The molecule has 1 unspecified atom stereocenters. The minimum atomic E-state index is -0.487. The first kappa shape index (κ1) is 20.0. The molecule has 1 aromatic heterocycles. The molecule has 1 aliphatic rings. The van der Waals surface area contributed by atoms with Crippen LogP contribution in [0.4, 0.5) is 8.78 Å². The summed E-state index contributed by atoms with van der Waals surface area (Å²) in [5, 5.41) is 2.78. The molecular formula is C23H21F2N3O2. The highest BCUT2D eigenvalue weighted by Gasteiger charge is 2.23. The summed E-state index contributed by atoms with van der Waals surface area (Å²) < 4.78 is 34.7. The Morgan fingerprint density at radius 3 is 2.83 bits per heavy atom. The number of imidazole rings is 1. The number of rotatable bonds is 6. The first-order valence-electron chi connectivity index (χ1n) is 9.70. The van der Waals surface area contributed by atoms with Gasteiger partial charge in [0.05, 0.1) is 18.6 Å². The van der Waals surface area contributed by atoms with Gasteiger partial charge in [-0.25, -0.2) is 13.8 Å². The number of halogens is 2. The lowest BCUT2D eigenvalue weighted by Gasteiger charge is -2.21. The summed E-state index contributed by atoms with van der Waals surface area (Å²) in [6.45, 7) is 1.68. The number of allylic oxidation sites excluding steroid dienone is 1. The Morgan fingerprint density at radius 2 is 2.03 bits per heavy atom. The zero-order chi connectivity index (χ0) is 20.9. The summed E-state index contributed by atoms with van der Waals surface area (Å²) in [6, 6.07) is 10.7. The minimum absolute atomic E-state index is 0.0998. The van der Waals surface area contributed by atoms with Gasteiger partial charge in [-0.3, -0.25) is 4.79 Å². The van der Waals surface area contributed by atoms with E-state index in [0.29, 0.717) is 31.7 Å². The molecule has 154 valence electrons. The van der Waals surface area contributed by atoms with Gasteiger partial charge in [-0.1, -0.05) is 36.4 Å². The van der Waals surface area contributed by atoms with Crippen molar-refractivity contribution in [3.63, 3.8) is 0 Å². The van der Waals surface area contributed by atoms with E-state index in [1.54, 1.807) is 18.5 Å². The topological polar surface area (TPSA) is 56.1 Å². The first-order chi connectivity index (χ1) is 14.6. The van der Waals surface area contributed by atoms with Gasteiger partial charge in [0, 0.05) is 31.3 Å². The van der Waals surface area contributed by atoms with Crippen LogP contribution in [-0.2, 0) is 22.5 Å². The molecular weight excluding hydrogens is 388 g/mol. The van der Waals surface area contributed by atoms with E-state index in [1.807, 2.05) is 35.0 Å². The average Bonchev–Trinajstić information content (AvgIpc) is 3.19. The van der Waals surface area contributed by atoms with E-state index in [4.69, 9.17) is 4.74 Å². The van der Waals surface area contributed by atoms with E-state index >= 15 is 0 Å². The van der Waals surface area contributed by atoms with E-state index in [-0.39, 0.29) is 11.5 Å². The molecule has 1 amide bonds. The maximum absolute atomic E-state index is 13.9. The van der Waals surface area contributed by atoms with Gasteiger partial charge in [0.25, 0.3) is 0 Å².